The van der Waals surface area contributed by atoms with Crippen LogP contribution in [0.1, 0.15) is 26.3 Å². The van der Waals surface area contributed by atoms with E-state index in [1.54, 1.807) is 26.8 Å². The lowest BCUT2D eigenvalue weighted by atomic mass is 10.1. The van der Waals surface area contributed by atoms with Gasteiger partial charge >= 0.3 is 11.7 Å². The van der Waals surface area contributed by atoms with Crippen LogP contribution in [-0.4, -0.2) is 30.7 Å². The summed E-state index contributed by atoms with van der Waals surface area (Å²) in [5.74, 6) is -0.476. The molecule has 120 valence electrons. The highest BCUT2D eigenvalue weighted by Crippen LogP contribution is 2.28. The highest BCUT2D eigenvalue weighted by Gasteiger charge is 2.18. The molecular weight excluding hydrogens is 290 g/mol. The molecule has 0 aliphatic heterocycles. The summed E-state index contributed by atoms with van der Waals surface area (Å²) in [6.07, 6.45) is 1.17. The molecule has 22 heavy (non-hydrogen) atoms. The molecule has 0 aliphatic rings. The van der Waals surface area contributed by atoms with Crippen LogP contribution in [0.3, 0.4) is 0 Å². The van der Waals surface area contributed by atoms with Gasteiger partial charge in [0.25, 0.3) is 0 Å². The number of nitrogens with zero attached hydrogens (tertiary/aromatic N) is 1. The van der Waals surface area contributed by atoms with Crippen molar-refractivity contribution in [2.24, 2.45) is 0 Å². The molecule has 0 aliphatic carbocycles. The molecular formula is C15H19NO6. The van der Waals surface area contributed by atoms with Gasteiger partial charge in [-0.3, -0.25) is 10.1 Å². The quantitative estimate of drug-likeness (QED) is 0.253. The first-order valence-corrected chi connectivity index (χ1v) is 6.77. The third-order valence-electron chi connectivity index (χ3n) is 2.54. The molecule has 0 heterocycles. The van der Waals surface area contributed by atoms with Gasteiger partial charge < -0.3 is 14.2 Å². The number of carbonyl (C=O) groups is 1. The average Bonchev–Trinajstić information content (AvgIpc) is 2.46. The van der Waals surface area contributed by atoms with Crippen LogP contribution in [0.2, 0.25) is 0 Å². The van der Waals surface area contributed by atoms with Crippen LogP contribution in [0.5, 0.6) is 5.75 Å². The van der Waals surface area contributed by atoms with E-state index in [1.807, 2.05) is 0 Å². The Labute approximate surface area is 128 Å². The molecule has 7 nitrogen and oxygen atoms in total. The zero-order valence-electron chi connectivity index (χ0n) is 13.0. The van der Waals surface area contributed by atoms with Crippen molar-refractivity contribution < 1.29 is 23.9 Å². The van der Waals surface area contributed by atoms with Crippen LogP contribution in [0.4, 0.5) is 5.69 Å². The van der Waals surface area contributed by atoms with E-state index >= 15 is 0 Å². The van der Waals surface area contributed by atoms with Gasteiger partial charge in [0.1, 0.15) is 0 Å². The molecule has 0 N–H and O–H groups in total. The third kappa shape index (κ3) is 4.76. The second-order valence-electron chi connectivity index (χ2n) is 4.58. The molecule has 0 saturated heterocycles. The van der Waals surface area contributed by atoms with Crippen LogP contribution in [0.25, 0.3) is 6.08 Å². The Morgan fingerprint density at radius 3 is 2.59 bits per heavy atom. The first-order chi connectivity index (χ1) is 10.4. The van der Waals surface area contributed by atoms with Crippen LogP contribution in [0.15, 0.2) is 24.0 Å². The van der Waals surface area contributed by atoms with Gasteiger partial charge in [0.15, 0.2) is 5.75 Å². The summed E-state index contributed by atoms with van der Waals surface area (Å²) < 4.78 is 15.3. The van der Waals surface area contributed by atoms with Gasteiger partial charge in [0.05, 0.1) is 24.7 Å². The topological polar surface area (TPSA) is 87.9 Å². The lowest BCUT2D eigenvalue weighted by molar-refractivity contribution is -0.385. The molecule has 0 saturated carbocycles. The number of hydrogen-bond donors (Lipinski definition) is 0. The number of hydrogen-bond acceptors (Lipinski definition) is 6. The predicted octanol–water partition coefficient (Wildman–Crippen LogP) is 2.93. The zero-order valence-corrected chi connectivity index (χ0v) is 13.0. The van der Waals surface area contributed by atoms with Gasteiger partial charge in [0.2, 0.25) is 5.76 Å². The van der Waals surface area contributed by atoms with Crippen molar-refractivity contribution in [2.75, 3.05) is 13.7 Å². The predicted molar refractivity (Wildman–Crippen MR) is 80.5 cm³/mol. The van der Waals surface area contributed by atoms with Crippen LogP contribution in [-0.2, 0) is 14.3 Å². The normalized spacial score (nSPS) is 11.2. The molecule has 0 atom stereocenters. The van der Waals surface area contributed by atoms with Crippen molar-refractivity contribution in [2.45, 2.75) is 26.9 Å². The van der Waals surface area contributed by atoms with Crippen molar-refractivity contribution in [3.05, 3.63) is 39.6 Å². The number of methoxy groups -OCH3 is 1. The maximum absolute atomic E-state index is 11.9. The van der Waals surface area contributed by atoms with E-state index < -0.39 is 10.9 Å². The third-order valence-corrected chi connectivity index (χ3v) is 2.54. The Balaban J connectivity index is 3.21. The Bertz CT molecular complexity index is 579. The number of benzene rings is 1. The smallest absolute Gasteiger partial charge is 0.373 e. The minimum atomic E-state index is -0.616. The van der Waals surface area contributed by atoms with E-state index in [2.05, 4.69) is 0 Å². The zero-order chi connectivity index (χ0) is 16.7. The molecule has 1 aromatic carbocycles. The first kappa shape index (κ1) is 17.5. The SMILES string of the molecule is CCOC(=O)/C(=C/c1ccc(OC)c([N+](=O)[O-])c1)OC(C)C. The number of rotatable bonds is 7. The summed E-state index contributed by atoms with van der Waals surface area (Å²) in [7, 11) is 1.35. The van der Waals surface area contributed by atoms with Gasteiger partial charge in [-0.2, -0.15) is 0 Å². The van der Waals surface area contributed by atoms with Crippen molar-refractivity contribution in [1.82, 2.24) is 0 Å². The van der Waals surface area contributed by atoms with Gasteiger partial charge in [-0.05, 0) is 38.5 Å². The fourth-order valence-corrected chi connectivity index (χ4v) is 1.69. The molecule has 0 spiro atoms. The Morgan fingerprint density at radius 2 is 2.09 bits per heavy atom. The molecule has 0 radical (unpaired) electrons. The summed E-state index contributed by atoms with van der Waals surface area (Å²) in [5.41, 5.74) is 0.250. The molecule has 7 heteroatoms. The Hall–Kier alpha value is -2.57. The molecule has 0 unspecified atom stereocenters. The number of nitro groups is 1. The van der Waals surface area contributed by atoms with E-state index in [9.17, 15) is 14.9 Å². The monoisotopic (exact) mass is 309 g/mol. The highest BCUT2D eigenvalue weighted by molar-refractivity contribution is 5.91. The lowest BCUT2D eigenvalue weighted by Crippen LogP contribution is -2.14. The van der Waals surface area contributed by atoms with Crippen molar-refractivity contribution in [3.8, 4) is 5.75 Å². The molecule has 0 fully saturated rings. The lowest BCUT2D eigenvalue weighted by Gasteiger charge is -2.12. The van der Waals surface area contributed by atoms with Gasteiger partial charge in [-0.25, -0.2) is 4.79 Å². The van der Waals surface area contributed by atoms with Crippen LogP contribution < -0.4 is 4.74 Å². The summed E-state index contributed by atoms with van der Waals surface area (Å²) in [5, 5.41) is 11.0. The minimum absolute atomic E-state index is 0.00341. The Kier molecular flexibility index (Phi) is 6.37. The maximum Gasteiger partial charge on any atom is 0.373 e. The highest BCUT2D eigenvalue weighted by atomic mass is 16.6. The number of esters is 1. The molecule has 1 aromatic rings. The second-order valence-corrected chi connectivity index (χ2v) is 4.58. The van der Waals surface area contributed by atoms with E-state index in [4.69, 9.17) is 14.2 Å². The van der Waals surface area contributed by atoms with E-state index in [1.165, 1.54) is 25.3 Å². The summed E-state index contributed by atoms with van der Waals surface area (Å²) in [6.45, 7) is 5.43. The van der Waals surface area contributed by atoms with Crippen molar-refractivity contribution in [1.29, 1.82) is 0 Å². The molecule has 0 amide bonds. The Morgan fingerprint density at radius 1 is 1.41 bits per heavy atom. The molecule has 1 rings (SSSR count). The van der Waals surface area contributed by atoms with Crippen LogP contribution in [0, 0.1) is 10.1 Å². The van der Waals surface area contributed by atoms with Gasteiger partial charge in [0, 0.05) is 6.07 Å². The second kappa shape index (κ2) is 8.02. The molecule has 0 bridgehead atoms. The summed E-state index contributed by atoms with van der Waals surface area (Å²) in [6, 6.07) is 4.36. The van der Waals surface area contributed by atoms with Gasteiger partial charge in [-0.1, -0.05) is 6.07 Å². The maximum atomic E-state index is 11.9. The average molecular weight is 309 g/mol. The number of nitro benzene ring substituents is 1. The van der Waals surface area contributed by atoms with Gasteiger partial charge in [-0.15, -0.1) is 0 Å². The van der Waals surface area contributed by atoms with E-state index in [0.717, 1.165) is 0 Å². The largest absolute Gasteiger partial charge is 0.490 e. The first-order valence-electron chi connectivity index (χ1n) is 6.77. The van der Waals surface area contributed by atoms with E-state index in [-0.39, 0.29) is 29.9 Å². The standard InChI is InChI=1S/C15H19NO6/c1-5-21-15(17)14(22-10(2)3)9-11-6-7-13(20-4)12(8-11)16(18)19/h6-10H,5H2,1-4H3/b14-9-. The van der Waals surface area contributed by atoms with Crippen molar-refractivity contribution in [3.63, 3.8) is 0 Å². The molecule has 0 aromatic heterocycles. The van der Waals surface area contributed by atoms with Crippen molar-refractivity contribution >= 4 is 17.7 Å². The minimum Gasteiger partial charge on any atom is -0.490 e. The number of carbonyl (C=O) groups excluding carboxylic acids is 1. The summed E-state index contributed by atoms with van der Waals surface area (Å²) >= 11 is 0. The summed E-state index contributed by atoms with van der Waals surface area (Å²) in [4.78, 5) is 22.3. The number of ether oxygens (including phenoxy) is 3. The van der Waals surface area contributed by atoms with Crippen LogP contribution >= 0.6 is 0 Å². The fraction of sp³-hybridized carbons (Fsp3) is 0.400. The van der Waals surface area contributed by atoms with E-state index in [0.29, 0.717) is 5.56 Å². The fourth-order valence-electron chi connectivity index (χ4n) is 1.69.